The van der Waals surface area contributed by atoms with Crippen molar-refractivity contribution in [3.8, 4) is 5.75 Å². The van der Waals surface area contributed by atoms with Crippen molar-refractivity contribution in [3.05, 3.63) is 57.3 Å². The van der Waals surface area contributed by atoms with Gasteiger partial charge in [0.25, 0.3) is 11.5 Å². The summed E-state index contributed by atoms with van der Waals surface area (Å²) in [5, 5.41) is 2.77. The second kappa shape index (κ2) is 5.40. The first kappa shape index (κ1) is 13.4. The first-order valence-electron chi connectivity index (χ1n) is 6.72. The number of hydrogen-bond acceptors (Lipinski definition) is 4. The van der Waals surface area contributed by atoms with Crippen molar-refractivity contribution < 1.29 is 9.53 Å². The van der Waals surface area contributed by atoms with E-state index in [1.165, 1.54) is 6.07 Å². The molecule has 2 aromatic rings. The van der Waals surface area contributed by atoms with Crippen LogP contribution in [0.4, 0.5) is 0 Å². The van der Waals surface area contributed by atoms with E-state index >= 15 is 0 Å². The second-order valence-corrected chi connectivity index (χ2v) is 4.93. The van der Waals surface area contributed by atoms with E-state index in [-0.39, 0.29) is 18.0 Å². The van der Waals surface area contributed by atoms with Crippen LogP contribution in [0.1, 0.15) is 27.4 Å². The maximum absolute atomic E-state index is 12.1. The van der Waals surface area contributed by atoms with Gasteiger partial charge < -0.3 is 15.0 Å². The van der Waals surface area contributed by atoms with Gasteiger partial charge in [0, 0.05) is 18.1 Å². The van der Waals surface area contributed by atoms with Crippen LogP contribution in [0.2, 0.25) is 0 Å². The topological polar surface area (TPSA) is 84.1 Å². The van der Waals surface area contributed by atoms with Crippen molar-refractivity contribution in [2.45, 2.75) is 19.9 Å². The minimum absolute atomic E-state index is 0.190. The third-order valence-corrected chi connectivity index (χ3v) is 3.29. The maximum Gasteiger partial charge on any atom is 0.251 e. The Morgan fingerprint density at radius 3 is 3.10 bits per heavy atom. The Morgan fingerprint density at radius 1 is 1.43 bits per heavy atom. The Hall–Kier alpha value is -2.63. The summed E-state index contributed by atoms with van der Waals surface area (Å²) in [4.78, 5) is 30.2. The van der Waals surface area contributed by atoms with Crippen LogP contribution in [0.25, 0.3) is 0 Å². The van der Waals surface area contributed by atoms with Gasteiger partial charge in [-0.15, -0.1) is 0 Å². The standard InChI is InChI=1S/C15H15N3O3/c1-9-17-12(7-14(19)18-9)8-16-15(20)11-2-3-13-10(6-11)4-5-21-13/h2-3,6-7H,4-5,8H2,1H3,(H,16,20)(H,17,18,19). The fraction of sp³-hybridized carbons (Fsp3) is 0.267. The molecule has 0 unspecified atom stereocenters. The molecule has 0 saturated heterocycles. The van der Waals surface area contributed by atoms with Crippen molar-refractivity contribution >= 4 is 5.91 Å². The molecular weight excluding hydrogens is 270 g/mol. The highest BCUT2D eigenvalue weighted by molar-refractivity contribution is 5.94. The van der Waals surface area contributed by atoms with Gasteiger partial charge in [-0.2, -0.15) is 0 Å². The van der Waals surface area contributed by atoms with Gasteiger partial charge in [-0.05, 0) is 30.7 Å². The lowest BCUT2D eigenvalue weighted by molar-refractivity contribution is 0.0950. The number of carbonyl (C=O) groups is 1. The van der Waals surface area contributed by atoms with Crippen LogP contribution in [0.5, 0.6) is 5.75 Å². The first-order valence-corrected chi connectivity index (χ1v) is 6.72. The van der Waals surface area contributed by atoms with E-state index in [1.54, 1.807) is 13.0 Å². The van der Waals surface area contributed by atoms with Gasteiger partial charge in [0.15, 0.2) is 0 Å². The lowest BCUT2D eigenvalue weighted by Crippen LogP contribution is -2.24. The van der Waals surface area contributed by atoms with Crippen molar-refractivity contribution in [3.63, 3.8) is 0 Å². The van der Waals surface area contributed by atoms with Crippen molar-refractivity contribution in [2.24, 2.45) is 0 Å². The molecule has 0 aliphatic carbocycles. The predicted molar refractivity (Wildman–Crippen MR) is 76.4 cm³/mol. The maximum atomic E-state index is 12.1. The highest BCUT2D eigenvalue weighted by Crippen LogP contribution is 2.25. The summed E-state index contributed by atoms with van der Waals surface area (Å²) in [6.07, 6.45) is 0.825. The summed E-state index contributed by atoms with van der Waals surface area (Å²) in [6, 6.07) is 6.76. The number of aromatic nitrogens is 2. The molecule has 0 bridgehead atoms. The van der Waals surface area contributed by atoms with Crippen LogP contribution in [-0.2, 0) is 13.0 Å². The van der Waals surface area contributed by atoms with E-state index in [2.05, 4.69) is 15.3 Å². The van der Waals surface area contributed by atoms with Crippen LogP contribution in [0.15, 0.2) is 29.1 Å². The minimum atomic E-state index is -0.221. The number of H-pyrrole nitrogens is 1. The molecular formula is C15H15N3O3. The molecule has 0 fully saturated rings. The SMILES string of the molecule is Cc1nc(CNC(=O)c2ccc3c(c2)CCO3)cc(=O)[nH]1. The van der Waals surface area contributed by atoms with Crippen LogP contribution >= 0.6 is 0 Å². The predicted octanol–water partition coefficient (Wildman–Crippen LogP) is 0.943. The summed E-state index contributed by atoms with van der Waals surface area (Å²) in [6.45, 7) is 2.58. The third-order valence-electron chi connectivity index (χ3n) is 3.29. The molecule has 0 spiro atoms. The van der Waals surface area contributed by atoms with Crippen LogP contribution in [0.3, 0.4) is 0 Å². The summed E-state index contributed by atoms with van der Waals surface area (Å²) < 4.78 is 5.41. The van der Waals surface area contributed by atoms with E-state index in [1.807, 2.05) is 12.1 Å². The lowest BCUT2D eigenvalue weighted by Gasteiger charge is -2.06. The molecule has 6 nitrogen and oxygen atoms in total. The van der Waals surface area contributed by atoms with Crippen LogP contribution < -0.4 is 15.6 Å². The number of carbonyl (C=O) groups excluding carboxylic acids is 1. The van der Waals surface area contributed by atoms with Crippen molar-refractivity contribution in [2.75, 3.05) is 6.61 Å². The van der Waals surface area contributed by atoms with E-state index in [0.29, 0.717) is 23.7 Å². The van der Waals surface area contributed by atoms with Gasteiger partial charge in [-0.25, -0.2) is 4.98 Å². The third kappa shape index (κ3) is 2.94. The Labute approximate surface area is 121 Å². The summed E-state index contributed by atoms with van der Waals surface area (Å²) >= 11 is 0. The molecule has 1 aromatic carbocycles. The normalized spacial score (nSPS) is 12.6. The Bertz CT molecular complexity index is 752. The molecule has 2 heterocycles. The van der Waals surface area contributed by atoms with E-state index in [4.69, 9.17) is 4.74 Å². The molecule has 108 valence electrons. The molecule has 1 aliphatic rings. The molecule has 0 saturated carbocycles. The van der Waals surface area contributed by atoms with Crippen LogP contribution in [0, 0.1) is 6.92 Å². The van der Waals surface area contributed by atoms with Gasteiger partial charge in [0.1, 0.15) is 11.6 Å². The molecule has 1 aliphatic heterocycles. The summed E-state index contributed by atoms with van der Waals surface area (Å²) in [5.41, 5.74) is 1.95. The Morgan fingerprint density at radius 2 is 2.29 bits per heavy atom. The first-order chi connectivity index (χ1) is 10.1. The Kier molecular flexibility index (Phi) is 3.43. The number of benzene rings is 1. The average Bonchev–Trinajstić information content (AvgIpc) is 2.91. The number of fused-ring (bicyclic) bond motifs is 1. The number of hydrogen-bond donors (Lipinski definition) is 2. The number of aryl methyl sites for hydroxylation is 1. The van der Waals surface area contributed by atoms with Gasteiger partial charge in [0.05, 0.1) is 18.8 Å². The van der Waals surface area contributed by atoms with Crippen molar-refractivity contribution in [1.29, 1.82) is 0 Å². The highest BCUT2D eigenvalue weighted by atomic mass is 16.5. The molecule has 1 aromatic heterocycles. The largest absolute Gasteiger partial charge is 0.493 e. The van der Waals surface area contributed by atoms with Gasteiger partial charge in [-0.3, -0.25) is 9.59 Å². The molecule has 3 rings (SSSR count). The second-order valence-electron chi connectivity index (χ2n) is 4.93. The molecule has 1 amide bonds. The number of nitrogens with zero attached hydrogens (tertiary/aromatic N) is 1. The van der Waals surface area contributed by atoms with E-state index in [9.17, 15) is 9.59 Å². The fourth-order valence-electron chi connectivity index (χ4n) is 2.33. The smallest absolute Gasteiger partial charge is 0.251 e. The van der Waals surface area contributed by atoms with Crippen molar-refractivity contribution in [1.82, 2.24) is 15.3 Å². The molecule has 0 atom stereocenters. The Balaban J connectivity index is 1.70. The lowest BCUT2D eigenvalue weighted by atomic mass is 10.1. The summed E-state index contributed by atoms with van der Waals surface area (Å²) in [5.74, 6) is 1.18. The quantitative estimate of drug-likeness (QED) is 0.879. The number of ether oxygens (including phenoxy) is 1. The fourth-order valence-corrected chi connectivity index (χ4v) is 2.33. The number of rotatable bonds is 3. The van der Waals surface area contributed by atoms with E-state index < -0.39 is 0 Å². The molecule has 21 heavy (non-hydrogen) atoms. The van der Waals surface area contributed by atoms with Gasteiger partial charge in [-0.1, -0.05) is 0 Å². The minimum Gasteiger partial charge on any atom is -0.493 e. The molecule has 0 radical (unpaired) electrons. The van der Waals surface area contributed by atoms with Crippen LogP contribution in [-0.4, -0.2) is 22.5 Å². The molecule has 6 heteroatoms. The summed E-state index contributed by atoms with van der Waals surface area (Å²) in [7, 11) is 0. The van der Waals surface area contributed by atoms with E-state index in [0.717, 1.165) is 17.7 Å². The number of aromatic amines is 1. The number of amides is 1. The monoisotopic (exact) mass is 285 g/mol. The highest BCUT2D eigenvalue weighted by Gasteiger charge is 2.15. The average molecular weight is 285 g/mol. The zero-order valence-electron chi connectivity index (χ0n) is 11.6. The van der Waals surface area contributed by atoms with Gasteiger partial charge >= 0.3 is 0 Å². The number of nitrogens with one attached hydrogen (secondary N) is 2. The zero-order valence-corrected chi connectivity index (χ0v) is 11.6. The van der Waals surface area contributed by atoms with Gasteiger partial charge in [0.2, 0.25) is 0 Å². The molecule has 2 N–H and O–H groups in total. The zero-order chi connectivity index (χ0) is 14.8.